The molecule has 0 aliphatic carbocycles. The number of pyridine rings is 1. The van der Waals surface area contributed by atoms with Crippen LogP contribution in [-0.2, 0) is 6.54 Å². The Labute approximate surface area is 144 Å². The fraction of sp³-hybridized carbons (Fsp3) is 0.111. The van der Waals surface area contributed by atoms with Crippen LogP contribution in [-0.4, -0.2) is 22.1 Å². The van der Waals surface area contributed by atoms with E-state index in [9.17, 15) is 0 Å². The Morgan fingerprint density at radius 3 is 2.52 bits per heavy atom. The molecule has 1 aromatic carbocycles. The fourth-order valence-corrected chi connectivity index (χ4v) is 2.12. The van der Waals surface area contributed by atoms with Crippen molar-refractivity contribution in [3.8, 4) is 23.4 Å². The third kappa shape index (κ3) is 4.20. The normalized spacial score (nSPS) is 9.92. The number of aromatic nitrogens is 3. The molecule has 0 unspecified atom stereocenters. The van der Waals surface area contributed by atoms with Crippen molar-refractivity contribution < 1.29 is 9.47 Å². The highest BCUT2D eigenvalue weighted by molar-refractivity contribution is 5.47. The van der Waals surface area contributed by atoms with E-state index in [1.807, 2.05) is 42.5 Å². The number of anilines is 1. The number of rotatable bonds is 6. The van der Waals surface area contributed by atoms with Crippen molar-refractivity contribution in [1.29, 1.82) is 5.26 Å². The number of methoxy groups -OCH3 is 1. The lowest BCUT2D eigenvalue weighted by molar-refractivity contribution is 0.412. The third-order valence-corrected chi connectivity index (χ3v) is 3.35. The standard InChI is InChI=1S/C18H15N5O2/c1-24-14-2-4-15(5-3-14)25-17-10-13(6-7-21-17)12-23-18-16(11-19)20-8-9-22-18/h2-10H,12H2,1H3,(H,22,23). The summed E-state index contributed by atoms with van der Waals surface area (Å²) in [6.45, 7) is 0.467. The van der Waals surface area contributed by atoms with Gasteiger partial charge in [-0.3, -0.25) is 0 Å². The zero-order valence-corrected chi connectivity index (χ0v) is 13.5. The van der Waals surface area contributed by atoms with E-state index in [1.165, 1.54) is 12.4 Å². The Hall–Kier alpha value is -3.66. The van der Waals surface area contributed by atoms with Gasteiger partial charge in [-0.05, 0) is 35.9 Å². The van der Waals surface area contributed by atoms with Crippen LogP contribution < -0.4 is 14.8 Å². The summed E-state index contributed by atoms with van der Waals surface area (Å²) in [4.78, 5) is 12.3. The zero-order valence-electron chi connectivity index (χ0n) is 13.5. The first-order valence-corrected chi connectivity index (χ1v) is 7.50. The molecule has 2 heterocycles. The topological polar surface area (TPSA) is 93.0 Å². The van der Waals surface area contributed by atoms with Crippen molar-refractivity contribution in [2.75, 3.05) is 12.4 Å². The first-order valence-electron chi connectivity index (χ1n) is 7.50. The summed E-state index contributed by atoms with van der Waals surface area (Å²) in [5.74, 6) is 2.35. The third-order valence-electron chi connectivity index (χ3n) is 3.35. The largest absolute Gasteiger partial charge is 0.497 e. The van der Waals surface area contributed by atoms with Crippen LogP contribution >= 0.6 is 0 Å². The minimum atomic E-state index is 0.256. The molecule has 0 atom stereocenters. The Bertz CT molecular complexity index is 890. The first-order chi connectivity index (χ1) is 12.3. The number of nitriles is 1. The first kappa shape index (κ1) is 16.2. The Morgan fingerprint density at radius 2 is 1.76 bits per heavy atom. The molecule has 124 valence electrons. The van der Waals surface area contributed by atoms with Crippen molar-refractivity contribution in [3.63, 3.8) is 0 Å². The molecule has 7 heteroatoms. The summed E-state index contributed by atoms with van der Waals surface area (Å²) in [6, 6.07) is 12.9. The molecule has 0 fully saturated rings. The van der Waals surface area contributed by atoms with E-state index in [0.29, 0.717) is 24.0 Å². The van der Waals surface area contributed by atoms with Crippen LogP contribution in [0.3, 0.4) is 0 Å². The van der Waals surface area contributed by atoms with Gasteiger partial charge < -0.3 is 14.8 Å². The second-order valence-electron chi connectivity index (χ2n) is 5.00. The summed E-state index contributed by atoms with van der Waals surface area (Å²) in [5.41, 5.74) is 1.19. The van der Waals surface area contributed by atoms with Crippen molar-refractivity contribution >= 4 is 5.82 Å². The van der Waals surface area contributed by atoms with E-state index in [4.69, 9.17) is 14.7 Å². The Morgan fingerprint density at radius 1 is 1.00 bits per heavy atom. The van der Waals surface area contributed by atoms with E-state index in [0.717, 1.165) is 11.3 Å². The lowest BCUT2D eigenvalue weighted by atomic mass is 10.2. The molecule has 0 amide bonds. The van der Waals surface area contributed by atoms with Gasteiger partial charge in [0.25, 0.3) is 0 Å². The molecular weight excluding hydrogens is 318 g/mol. The van der Waals surface area contributed by atoms with E-state index in [2.05, 4.69) is 20.3 Å². The molecule has 0 aliphatic rings. The van der Waals surface area contributed by atoms with E-state index in [-0.39, 0.29) is 5.69 Å². The molecular formula is C18H15N5O2. The quantitative estimate of drug-likeness (QED) is 0.740. The smallest absolute Gasteiger partial charge is 0.219 e. The van der Waals surface area contributed by atoms with Crippen LogP contribution in [0.25, 0.3) is 0 Å². The van der Waals surface area contributed by atoms with Gasteiger partial charge >= 0.3 is 0 Å². The van der Waals surface area contributed by atoms with Gasteiger partial charge in [0, 0.05) is 31.2 Å². The maximum atomic E-state index is 9.03. The highest BCUT2D eigenvalue weighted by Gasteiger charge is 2.05. The maximum absolute atomic E-state index is 9.03. The number of nitrogens with zero attached hydrogens (tertiary/aromatic N) is 4. The lowest BCUT2D eigenvalue weighted by Crippen LogP contribution is -2.04. The summed E-state index contributed by atoms with van der Waals surface area (Å²) < 4.78 is 10.9. The second-order valence-corrected chi connectivity index (χ2v) is 5.00. The SMILES string of the molecule is COc1ccc(Oc2cc(CNc3nccnc3C#N)ccn2)cc1. The minimum Gasteiger partial charge on any atom is -0.497 e. The highest BCUT2D eigenvalue weighted by atomic mass is 16.5. The zero-order chi connectivity index (χ0) is 17.5. The predicted octanol–water partition coefficient (Wildman–Crippen LogP) is 3.16. The number of hydrogen-bond donors (Lipinski definition) is 1. The van der Waals surface area contributed by atoms with Gasteiger partial charge in [-0.2, -0.15) is 5.26 Å². The fourth-order valence-electron chi connectivity index (χ4n) is 2.12. The van der Waals surface area contributed by atoms with Crippen LogP contribution in [0.15, 0.2) is 55.0 Å². The lowest BCUT2D eigenvalue weighted by Gasteiger charge is -2.09. The monoisotopic (exact) mass is 333 g/mol. The molecule has 0 aliphatic heterocycles. The number of ether oxygens (including phenoxy) is 2. The van der Waals surface area contributed by atoms with Gasteiger partial charge in [0.05, 0.1) is 7.11 Å². The van der Waals surface area contributed by atoms with Crippen molar-refractivity contribution in [2.24, 2.45) is 0 Å². The maximum Gasteiger partial charge on any atom is 0.219 e. The Kier molecular flexibility index (Phi) is 5.02. The molecule has 0 saturated carbocycles. The Balaban J connectivity index is 1.67. The average Bonchev–Trinajstić information content (AvgIpc) is 2.67. The van der Waals surface area contributed by atoms with Crippen LogP contribution in [0.1, 0.15) is 11.3 Å². The molecule has 0 saturated heterocycles. The van der Waals surface area contributed by atoms with Crippen LogP contribution in [0.2, 0.25) is 0 Å². The number of hydrogen-bond acceptors (Lipinski definition) is 7. The van der Waals surface area contributed by atoms with Gasteiger partial charge in [0.15, 0.2) is 11.5 Å². The molecule has 3 rings (SSSR count). The molecule has 0 bridgehead atoms. The highest BCUT2D eigenvalue weighted by Crippen LogP contribution is 2.23. The van der Waals surface area contributed by atoms with Crippen LogP contribution in [0, 0.1) is 11.3 Å². The average molecular weight is 333 g/mol. The van der Waals surface area contributed by atoms with E-state index < -0.39 is 0 Å². The number of benzene rings is 1. The minimum absolute atomic E-state index is 0.256. The van der Waals surface area contributed by atoms with Crippen LogP contribution in [0.4, 0.5) is 5.82 Å². The molecule has 7 nitrogen and oxygen atoms in total. The molecule has 25 heavy (non-hydrogen) atoms. The molecule has 1 N–H and O–H groups in total. The van der Waals surface area contributed by atoms with Crippen molar-refractivity contribution in [3.05, 3.63) is 66.2 Å². The summed E-state index contributed by atoms with van der Waals surface area (Å²) in [6.07, 6.45) is 4.68. The molecule has 3 aromatic rings. The molecule has 0 spiro atoms. The second kappa shape index (κ2) is 7.75. The summed E-state index contributed by atoms with van der Waals surface area (Å²) in [7, 11) is 1.61. The van der Waals surface area contributed by atoms with Gasteiger partial charge in [-0.1, -0.05) is 0 Å². The van der Waals surface area contributed by atoms with Gasteiger partial charge in [-0.25, -0.2) is 15.0 Å². The van der Waals surface area contributed by atoms with E-state index >= 15 is 0 Å². The summed E-state index contributed by atoms with van der Waals surface area (Å²) in [5, 5.41) is 12.1. The predicted molar refractivity (Wildman–Crippen MR) is 91.4 cm³/mol. The van der Waals surface area contributed by atoms with Gasteiger partial charge in [0.1, 0.15) is 17.6 Å². The molecule has 2 aromatic heterocycles. The van der Waals surface area contributed by atoms with Crippen molar-refractivity contribution in [2.45, 2.75) is 6.54 Å². The van der Waals surface area contributed by atoms with Crippen LogP contribution in [0.5, 0.6) is 17.4 Å². The van der Waals surface area contributed by atoms with Gasteiger partial charge in [0.2, 0.25) is 5.88 Å². The van der Waals surface area contributed by atoms with Crippen molar-refractivity contribution in [1.82, 2.24) is 15.0 Å². The molecule has 0 radical (unpaired) electrons. The number of nitrogens with one attached hydrogen (secondary N) is 1. The van der Waals surface area contributed by atoms with E-state index in [1.54, 1.807) is 13.3 Å². The summed E-state index contributed by atoms with van der Waals surface area (Å²) >= 11 is 0. The van der Waals surface area contributed by atoms with Gasteiger partial charge in [-0.15, -0.1) is 0 Å².